The third-order valence-corrected chi connectivity index (χ3v) is 2.64. The van der Waals surface area contributed by atoms with Crippen LogP contribution in [0.25, 0.3) is 0 Å². The lowest BCUT2D eigenvalue weighted by Crippen LogP contribution is -2.21. The summed E-state index contributed by atoms with van der Waals surface area (Å²) < 4.78 is 10.0. The van der Waals surface area contributed by atoms with E-state index in [1.165, 1.54) is 0 Å². The van der Waals surface area contributed by atoms with Gasteiger partial charge in [0.15, 0.2) is 6.61 Å². The molecule has 0 aliphatic heterocycles. The van der Waals surface area contributed by atoms with E-state index in [1.54, 1.807) is 44.2 Å². The van der Waals surface area contributed by atoms with Crippen LogP contribution in [0.3, 0.4) is 0 Å². The number of carbonyl (C=O) groups excluding carboxylic acids is 1. The van der Waals surface area contributed by atoms with Gasteiger partial charge in [-0.3, -0.25) is 4.79 Å². The number of hydrogen-bond acceptors (Lipinski definition) is 5. The van der Waals surface area contributed by atoms with Crippen LogP contribution in [0.15, 0.2) is 34.9 Å². The van der Waals surface area contributed by atoms with E-state index in [0.29, 0.717) is 17.0 Å². The minimum atomic E-state index is -0.661. The van der Waals surface area contributed by atoms with Gasteiger partial charge in [0.2, 0.25) is 0 Å². The zero-order valence-corrected chi connectivity index (χ0v) is 11.3. The minimum absolute atomic E-state index is 0.180. The van der Waals surface area contributed by atoms with Gasteiger partial charge in [-0.25, -0.2) is 0 Å². The Morgan fingerprint density at radius 1 is 1.50 bits per heavy atom. The van der Waals surface area contributed by atoms with E-state index in [4.69, 9.17) is 9.26 Å². The Labute approximate surface area is 116 Å². The summed E-state index contributed by atoms with van der Waals surface area (Å²) in [5.74, 6) is 0.542. The van der Waals surface area contributed by atoms with Gasteiger partial charge in [-0.2, -0.15) is 0 Å². The molecule has 6 heteroatoms. The van der Waals surface area contributed by atoms with Crippen molar-refractivity contribution < 1.29 is 19.2 Å². The predicted molar refractivity (Wildman–Crippen MR) is 72.4 cm³/mol. The second-order valence-corrected chi connectivity index (χ2v) is 4.38. The average molecular weight is 276 g/mol. The molecular formula is C14H16N2O4. The lowest BCUT2D eigenvalue weighted by Gasteiger charge is -2.12. The first-order valence-electron chi connectivity index (χ1n) is 6.19. The van der Waals surface area contributed by atoms with Crippen molar-refractivity contribution in [3.05, 3.63) is 41.7 Å². The molecule has 1 heterocycles. The van der Waals surface area contributed by atoms with E-state index in [1.807, 2.05) is 0 Å². The molecule has 0 radical (unpaired) electrons. The zero-order chi connectivity index (χ0) is 14.5. The van der Waals surface area contributed by atoms with Gasteiger partial charge in [0.25, 0.3) is 11.8 Å². The van der Waals surface area contributed by atoms with E-state index in [2.05, 4.69) is 10.5 Å². The molecule has 106 valence electrons. The second kappa shape index (κ2) is 6.21. The summed E-state index contributed by atoms with van der Waals surface area (Å²) in [6.07, 6.45) is -0.661. The number of aliphatic hydroxyl groups excluding tert-OH is 1. The predicted octanol–water partition coefficient (Wildman–Crippen LogP) is 2.05. The van der Waals surface area contributed by atoms with Crippen LogP contribution in [0.4, 0.5) is 5.69 Å². The quantitative estimate of drug-likeness (QED) is 0.873. The van der Waals surface area contributed by atoms with Crippen molar-refractivity contribution in [3.8, 4) is 5.88 Å². The van der Waals surface area contributed by atoms with Crippen LogP contribution in [-0.4, -0.2) is 22.8 Å². The van der Waals surface area contributed by atoms with Gasteiger partial charge < -0.3 is 19.7 Å². The number of nitrogens with zero attached hydrogens (tertiary/aromatic N) is 1. The maximum absolute atomic E-state index is 11.8. The summed E-state index contributed by atoms with van der Waals surface area (Å²) in [6.45, 7) is 3.19. The molecular weight excluding hydrogens is 260 g/mol. The summed E-state index contributed by atoms with van der Waals surface area (Å²) in [6, 6.07) is 8.65. The van der Waals surface area contributed by atoms with Gasteiger partial charge in [-0.15, -0.1) is 0 Å². The molecule has 0 spiro atoms. The fraction of sp³-hybridized carbons (Fsp3) is 0.286. The number of ether oxygens (including phenoxy) is 1. The van der Waals surface area contributed by atoms with Crippen molar-refractivity contribution >= 4 is 11.6 Å². The van der Waals surface area contributed by atoms with Crippen LogP contribution in [0, 0.1) is 6.92 Å². The first-order chi connectivity index (χ1) is 9.56. The molecule has 0 saturated heterocycles. The molecule has 1 atom stereocenters. The Hall–Kier alpha value is -2.34. The van der Waals surface area contributed by atoms with Gasteiger partial charge >= 0.3 is 0 Å². The highest BCUT2D eigenvalue weighted by atomic mass is 16.5. The fourth-order valence-corrected chi connectivity index (χ4v) is 1.71. The highest BCUT2D eigenvalue weighted by molar-refractivity contribution is 5.92. The van der Waals surface area contributed by atoms with E-state index in [0.717, 1.165) is 0 Å². The van der Waals surface area contributed by atoms with Crippen molar-refractivity contribution in [3.63, 3.8) is 0 Å². The SMILES string of the molecule is Cc1cc(OCC(=O)Nc2ccccc2C(C)O)no1. The maximum Gasteiger partial charge on any atom is 0.262 e. The molecule has 1 amide bonds. The van der Waals surface area contributed by atoms with Gasteiger partial charge in [0, 0.05) is 17.3 Å². The molecule has 20 heavy (non-hydrogen) atoms. The van der Waals surface area contributed by atoms with Crippen LogP contribution >= 0.6 is 0 Å². The molecule has 1 aromatic carbocycles. The number of aliphatic hydroxyl groups is 1. The topological polar surface area (TPSA) is 84.6 Å². The normalized spacial score (nSPS) is 11.9. The third kappa shape index (κ3) is 3.58. The number of aromatic nitrogens is 1. The molecule has 0 aliphatic carbocycles. The Morgan fingerprint density at radius 2 is 2.25 bits per heavy atom. The summed E-state index contributed by atoms with van der Waals surface area (Å²) >= 11 is 0. The van der Waals surface area contributed by atoms with Crippen LogP contribution < -0.4 is 10.1 Å². The zero-order valence-electron chi connectivity index (χ0n) is 11.3. The lowest BCUT2D eigenvalue weighted by atomic mass is 10.1. The van der Waals surface area contributed by atoms with Crippen LogP contribution in [0.1, 0.15) is 24.4 Å². The summed E-state index contributed by atoms with van der Waals surface area (Å²) in [7, 11) is 0. The van der Waals surface area contributed by atoms with Crippen LogP contribution in [0.5, 0.6) is 5.88 Å². The summed E-state index contributed by atoms with van der Waals surface area (Å²) in [5.41, 5.74) is 1.21. The minimum Gasteiger partial charge on any atom is -0.465 e. The first kappa shape index (κ1) is 14.1. The molecule has 0 saturated carbocycles. The number of hydrogen-bond donors (Lipinski definition) is 2. The second-order valence-electron chi connectivity index (χ2n) is 4.38. The van der Waals surface area contributed by atoms with Crippen molar-refractivity contribution in [1.82, 2.24) is 5.16 Å². The molecule has 0 aliphatic rings. The largest absolute Gasteiger partial charge is 0.465 e. The highest BCUT2D eigenvalue weighted by Gasteiger charge is 2.11. The molecule has 2 rings (SSSR count). The summed E-state index contributed by atoms with van der Waals surface area (Å²) in [4.78, 5) is 11.8. The van der Waals surface area contributed by atoms with Crippen LogP contribution in [0.2, 0.25) is 0 Å². The van der Waals surface area contributed by atoms with Gasteiger partial charge in [0.05, 0.1) is 6.10 Å². The number of benzene rings is 1. The molecule has 2 aromatic rings. The Morgan fingerprint density at radius 3 is 2.90 bits per heavy atom. The van der Waals surface area contributed by atoms with Crippen molar-refractivity contribution in [1.29, 1.82) is 0 Å². The fourth-order valence-electron chi connectivity index (χ4n) is 1.71. The molecule has 1 unspecified atom stereocenters. The van der Waals surface area contributed by atoms with E-state index >= 15 is 0 Å². The number of para-hydroxylation sites is 1. The number of amides is 1. The number of aryl methyl sites for hydroxylation is 1. The number of carbonyl (C=O) groups is 1. The van der Waals surface area contributed by atoms with E-state index in [9.17, 15) is 9.90 Å². The standard InChI is InChI=1S/C14H16N2O4/c1-9-7-14(16-20-9)19-8-13(18)15-12-6-4-3-5-11(12)10(2)17/h3-7,10,17H,8H2,1-2H3,(H,15,18). The molecule has 1 aromatic heterocycles. The Balaban J connectivity index is 1.94. The van der Waals surface area contributed by atoms with Gasteiger partial charge in [0.1, 0.15) is 5.76 Å². The number of anilines is 1. The average Bonchev–Trinajstić information content (AvgIpc) is 2.83. The third-order valence-electron chi connectivity index (χ3n) is 2.64. The lowest BCUT2D eigenvalue weighted by molar-refractivity contribution is -0.118. The van der Waals surface area contributed by atoms with Crippen molar-refractivity contribution in [2.45, 2.75) is 20.0 Å². The van der Waals surface area contributed by atoms with Gasteiger partial charge in [-0.05, 0) is 25.1 Å². The summed E-state index contributed by atoms with van der Waals surface area (Å²) in [5, 5.41) is 15.9. The Kier molecular flexibility index (Phi) is 4.37. The van der Waals surface area contributed by atoms with Crippen molar-refractivity contribution in [2.75, 3.05) is 11.9 Å². The van der Waals surface area contributed by atoms with E-state index < -0.39 is 6.10 Å². The maximum atomic E-state index is 11.8. The molecule has 6 nitrogen and oxygen atoms in total. The number of rotatable bonds is 5. The molecule has 0 fully saturated rings. The smallest absolute Gasteiger partial charge is 0.262 e. The molecule has 2 N–H and O–H groups in total. The van der Waals surface area contributed by atoms with Crippen molar-refractivity contribution in [2.24, 2.45) is 0 Å². The monoisotopic (exact) mass is 276 g/mol. The number of nitrogens with one attached hydrogen (secondary N) is 1. The first-order valence-corrected chi connectivity index (χ1v) is 6.19. The van der Waals surface area contributed by atoms with Gasteiger partial charge in [-0.1, -0.05) is 18.2 Å². The van der Waals surface area contributed by atoms with E-state index in [-0.39, 0.29) is 18.4 Å². The Bertz CT molecular complexity index is 592. The molecule has 0 bridgehead atoms. The highest BCUT2D eigenvalue weighted by Crippen LogP contribution is 2.22. The van der Waals surface area contributed by atoms with Crippen LogP contribution in [-0.2, 0) is 4.79 Å².